The smallest absolute Gasteiger partial charge is 0.105 e. The molecule has 0 N–H and O–H groups in total. The molecule has 13 heavy (non-hydrogen) atoms. The highest BCUT2D eigenvalue weighted by molar-refractivity contribution is 6.18. The number of hydrogen-bond acceptors (Lipinski definition) is 1. The summed E-state index contributed by atoms with van der Waals surface area (Å²) in [5.74, 6) is 2.28. The van der Waals surface area contributed by atoms with E-state index in [0.29, 0.717) is 11.8 Å². The van der Waals surface area contributed by atoms with Gasteiger partial charge in [0.2, 0.25) is 0 Å². The van der Waals surface area contributed by atoms with Gasteiger partial charge in [0.25, 0.3) is 0 Å². The summed E-state index contributed by atoms with van der Waals surface area (Å²) < 4.78 is 2.09. The normalized spacial score (nSPS) is 10.8. The Labute approximate surface area is 88.9 Å². The molecule has 0 saturated carbocycles. The fraction of sp³-hybridized carbons (Fsp3) is 0.667. The minimum absolute atomic E-state index is 0.617. The summed E-state index contributed by atoms with van der Waals surface area (Å²) in [6, 6.07) is 0. The number of imidazole rings is 1. The summed E-state index contributed by atoms with van der Waals surface area (Å²) in [4.78, 5) is 4.44. The molecular weight excluding hydrogens is 207 g/mol. The van der Waals surface area contributed by atoms with E-state index < -0.39 is 0 Å². The zero-order chi connectivity index (χ0) is 9.84. The Hall–Kier alpha value is -0.210. The second kappa shape index (κ2) is 4.87. The van der Waals surface area contributed by atoms with Crippen LogP contribution in [-0.2, 0) is 19.9 Å². The van der Waals surface area contributed by atoms with Crippen LogP contribution in [0.2, 0.25) is 0 Å². The topological polar surface area (TPSA) is 17.8 Å². The average Bonchev–Trinajstić information content (AvgIpc) is 2.34. The second-order valence-electron chi connectivity index (χ2n) is 2.99. The maximum absolute atomic E-state index is 5.72. The highest BCUT2D eigenvalue weighted by Gasteiger charge is 2.10. The first kappa shape index (κ1) is 10.9. The van der Waals surface area contributed by atoms with Crippen LogP contribution >= 0.6 is 23.2 Å². The average molecular weight is 221 g/mol. The Morgan fingerprint density at radius 1 is 1.23 bits per heavy atom. The Kier molecular flexibility index (Phi) is 4.07. The van der Waals surface area contributed by atoms with Crippen molar-refractivity contribution in [1.82, 2.24) is 9.55 Å². The molecule has 0 aliphatic carbocycles. The molecule has 0 fully saturated rings. The van der Waals surface area contributed by atoms with Crippen molar-refractivity contribution in [3.63, 3.8) is 0 Å². The third kappa shape index (κ3) is 2.38. The molecule has 1 heterocycles. The van der Waals surface area contributed by atoms with Crippen LogP contribution in [0.1, 0.15) is 17.2 Å². The van der Waals surface area contributed by atoms with Crippen LogP contribution in [0.5, 0.6) is 0 Å². The van der Waals surface area contributed by atoms with E-state index in [1.807, 2.05) is 14.0 Å². The van der Waals surface area contributed by atoms with E-state index in [0.717, 1.165) is 24.4 Å². The first-order valence-corrected chi connectivity index (χ1v) is 5.40. The van der Waals surface area contributed by atoms with E-state index >= 15 is 0 Å². The lowest BCUT2D eigenvalue weighted by molar-refractivity contribution is 0.795. The van der Waals surface area contributed by atoms with Gasteiger partial charge >= 0.3 is 0 Å². The van der Waals surface area contributed by atoms with Crippen LogP contribution in [0.4, 0.5) is 0 Å². The van der Waals surface area contributed by atoms with E-state index in [-0.39, 0.29) is 0 Å². The summed E-state index contributed by atoms with van der Waals surface area (Å²) >= 11 is 11.4. The van der Waals surface area contributed by atoms with Crippen LogP contribution < -0.4 is 0 Å². The summed E-state index contributed by atoms with van der Waals surface area (Å²) in [5, 5.41) is 0. The summed E-state index contributed by atoms with van der Waals surface area (Å²) in [7, 11) is 2.02. The van der Waals surface area contributed by atoms with Gasteiger partial charge in [-0.3, -0.25) is 0 Å². The molecular formula is C9H14Cl2N2. The lowest BCUT2D eigenvalue weighted by Gasteiger charge is -2.02. The molecule has 0 saturated heterocycles. The largest absolute Gasteiger partial charge is 0.335 e. The third-order valence-corrected chi connectivity index (χ3v) is 2.56. The highest BCUT2D eigenvalue weighted by Crippen LogP contribution is 2.12. The third-order valence-electron chi connectivity index (χ3n) is 2.18. The first-order chi connectivity index (χ1) is 6.20. The molecule has 0 aliphatic rings. The van der Waals surface area contributed by atoms with Gasteiger partial charge in [0.05, 0.1) is 5.69 Å². The summed E-state index contributed by atoms with van der Waals surface area (Å²) in [5.41, 5.74) is 2.31. The van der Waals surface area contributed by atoms with Crippen LogP contribution in [-0.4, -0.2) is 21.3 Å². The number of rotatable bonds is 4. The molecule has 0 aromatic carbocycles. The standard InChI is InChI=1S/C9H14Cl2N2/c1-7-12-8(3-5-10)9(4-6-11)13(7)2/h3-6H2,1-2H3. The monoisotopic (exact) mass is 220 g/mol. The molecule has 1 aromatic rings. The van der Waals surface area contributed by atoms with Crippen molar-refractivity contribution in [2.75, 3.05) is 11.8 Å². The van der Waals surface area contributed by atoms with Gasteiger partial charge in [0.1, 0.15) is 5.82 Å². The van der Waals surface area contributed by atoms with Crippen molar-refractivity contribution in [2.45, 2.75) is 19.8 Å². The van der Waals surface area contributed by atoms with Crippen LogP contribution in [0.15, 0.2) is 0 Å². The van der Waals surface area contributed by atoms with Gasteiger partial charge < -0.3 is 4.57 Å². The van der Waals surface area contributed by atoms with E-state index in [9.17, 15) is 0 Å². The van der Waals surface area contributed by atoms with Crippen molar-refractivity contribution >= 4 is 23.2 Å². The van der Waals surface area contributed by atoms with Crippen molar-refractivity contribution in [1.29, 1.82) is 0 Å². The van der Waals surface area contributed by atoms with E-state index in [1.54, 1.807) is 0 Å². The van der Waals surface area contributed by atoms with Crippen LogP contribution in [0.25, 0.3) is 0 Å². The molecule has 0 spiro atoms. The minimum atomic E-state index is 0.617. The van der Waals surface area contributed by atoms with Gasteiger partial charge in [0.15, 0.2) is 0 Å². The van der Waals surface area contributed by atoms with Gasteiger partial charge in [-0.1, -0.05) is 0 Å². The molecule has 0 atom stereocenters. The Morgan fingerprint density at radius 2 is 1.85 bits per heavy atom. The molecule has 1 aromatic heterocycles. The SMILES string of the molecule is Cc1nc(CCCl)c(CCCl)n1C. The molecule has 2 nitrogen and oxygen atoms in total. The van der Waals surface area contributed by atoms with Gasteiger partial charge in [-0.05, 0) is 6.92 Å². The van der Waals surface area contributed by atoms with Crippen molar-refractivity contribution in [3.05, 3.63) is 17.2 Å². The maximum atomic E-state index is 5.72. The predicted molar refractivity (Wildman–Crippen MR) is 56.8 cm³/mol. The molecule has 0 aliphatic heterocycles. The van der Waals surface area contributed by atoms with Crippen molar-refractivity contribution < 1.29 is 0 Å². The van der Waals surface area contributed by atoms with Crippen LogP contribution in [0, 0.1) is 6.92 Å². The predicted octanol–water partition coefficient (Wildman–Crippen LogP) is 2.29. The molecule has 4 heteroatoms. The molecule has 1 rings (SSSR count). The number of nitrogens with zero attached hydrogens (tertiary/aromatic N) is 2. The fourth-order valence-electron chi connectivity index (χ4n) is 1.41. The maximum Gasteiger partial charge on any atom is 0.105 e. The lowest BCUT2D eigenvalue weighted by Crippen LogP contribution is -2.02. The second-order valence-corrected chi connectivity index (χ2v) is 3.75. The Bertz CT molecular complexity index is 281. The summed E-state index contributed by atoms with van der Waals surface area (Å²) in [6.45, 7) is 2.00. The van der Waals surface area contributed by atoms with Crippen LogP contribution in [0.3, 0.4) is 0 Å². The first-order valence-electron chi connectivity index (χ1n) is 4.33. The Balaban J connectivity index is 2.96. The fourth-order valence-corrected chi connectivity index (χ4v) is 1.77. The van der Waals surface area contributed by atoms with Crippen molar-refractivity contribution in [3.8, 4) is 0 Å². The van der Waals surface area contributed by atoms with Crippen molar-refractivity contribution in [2.24, 2.45) is 7.05 Å². The zero-order valence-corrected chi connectivity index (χ0v) is 9.49. The number of aryl methyl sites for hydroxylation is 2. The zero-order valence-electron chi connectivity index (χ0n) is 7.98. The number of hydrogen-bond donors (Lipinski definition) is 0. The molecule has 0 unspecified atom stereocenters. The van der Waals surface area contributed by atoms with E-state index in [4.69, 9.17) is 23.2 Å². The quantitative estimate of drug-likeness (QED) is 0.713. The van der Waals surface area contributed by atoms with Gasteiger partial charge in [-0.25, -0.2) is 4.98 Å². The highest BCUT2D eigenvalue weighted by atomic mass is 35.5. The van der Waals surface area contributed by atoms with E-state index in [1.165, 1.54) is 5.69 Å². The molecule has 0 amide bonds. The number of halogens is 2. The minimum Gasteiger partial charge on any atom is -0.335 e. The molecule has 0 radical (unpaired) electrons. The van der Waals surface area contributed by atoms with E-state index in [2.05, 4.69) is 9.55 Å². The lowest BCUT2D eigenvalue weighted by atomic mass is 10.2. The summed E-state index contributed by atoms with van der Waals surface area (Å²) in [6.07, 6.45) is 1.70. The Morgan fingerprint density at radius 3 is 2.38 bits per heavy atom. The van der Waals surface area contributed by atoms with Gasteiger partial charge in [0, 0.05) is 37.3 Å². The van der Waals surface area contributed by atoms with Gasteiger partial charge in [-0.15, -0.1) is 23.2 Å². The molecule has 0 bridgehead atoms. The molecule has 74 valence electrons. The number of alkyl halides is 2. The van der Waals surface area contributed by atoms with Gasteiger partial charge in [-0.2, -0.15) is 0 Å². The number of aromatic nitrogens is 2.